The summed E-state index contributed by atoms with van der Waals surface area (Å²) < 4.78 is 25.6. The third-order valence-corrected chi connectivity index (χ3v) is 6.79. The Hall–Kier alpha value is -0.910. The van der Waals surface area contributed by atoms with E-state index in [-0.39, 0.29) is 11.8 Å². The van der Waals surface area contributed by atoms with Gasteiger partial charge in [-0.25, -0.2) is 12.7 Å². The lowest BCUT2D eigenvalue weighted by Crippen LogP contribution is -2.46. The zero-order valence-corrected chi connectivity index (χ0v) is 14.9. The van der Waals surface area contributed by atoms with Crippen molar-refractivity contribution in [3.8, 4) is 0 Å². The van der Waals surface area contributed by atoms with Crippen molar-refractivity contribution in [3.63, 3.8) is 0 Å². The number of likely N-dealkylation sites (tertiary alicyclic amines) is 1. The molecule has 1 heterocycles. The maximum absolute atomic E-state index is 12.0. The first kappa shape index (κ1) is 17.4. The van der Waals surface area contributed by atoms with E-state index < -0.39 is 10.0 Å². The average molecular weight is 324 g/mol. The summed E-state index contributed by atoms with van der Waals surface area (Å²) >= 11 is 0. The zero-order valence-electron chi connectivity index (χ0n) is 14.1. The minimum atomic E-state index is -3.08. The summed E-state index contributed by atoms with van der Waals surface area (Å²) in [6.07, 6.45) is 1.82. The van der Waals surface area contributed by atoms with E-state index in [0.717, 1.165) is 25.9 Å². The molecule has 1 saturated heterocycles. The Morgan fingerprint density at radius 3 is 2.50 bits per heavy atom. The van der Waals surface area contributed by atoms with Gasteiger partial charge in [0, 0.05) is 32.2 Å². The first-order chi connectivity index (χ1) is 10.3. The lowest BCUT2D eigenvalue weighted by Gasteiger charge is -2.39. The monoisotopic (exact) mass is 324 g/mol. The third-order valence-electron chi connectivity index (χ3n) is 4.89. The van der Waals surface area contributed by atoms with Crippen LogP contribution < -0.4 is 0 Å². The Balaban J connectivity index is 1.97. The largest absolute Gasteiger partial charge is 0.296 e. The van der Waals surface area contributed by atoms with Gasteiger partial charge in [-0.1, -0.05) is 29.8 Å². The minimum Gasteiger partial charge on any atom is -0.296 e. The standard InChI is InChI=1S/C17H28N2O2S/c1-5-22(20,21)18(4)17-9-11-19(12-10-17)15(3)16-8-6-7-14(2)13-16/h6-8,13,15,17H,5,9-12H2,1-4H3. The van der Waals surface area contributed by atoms with Gasteiger partial charge in [0.05, 0.1) is 5.75 Å². The van der Waals surface area contributed by atoms with Crippen LogP contribution in [0.2, 0.25) is 0 Å². The molecule has 1 fully saturated rings. The second kappa shape index (κ2) is 7.11. The highest BCUT2D eigenvalue weighted by Crippen LogP contribution is 2.26. The minimum absolute atomic E-state index is 0.144. The van der Waals surface area contributed by atoms with E-state index in [1.54, 1.807) is 18.3 Å². The van der Waals surface area contributed by atoms with Crippen LogP contribution in [-0.4, -0.2) is 49.6 Å². The molecule has 124 valence electrons. The fourth-order valence-corrected chi connectivity index (χ4v) is 4.28. The van der Waals surface area contributed by atoms with Gasteiger partial charge in [-0.05, 0) is 39.2 Å². The summed E-state index contributed by atoms with van der Waals surface area (Å²) in [4.78, 5) is 2.46. The summed E-state index contributed by atoms with van der Waals surface area (Å²) in [5, 5.41) is 0. The highest BCUT2D eigenvalue weighted by Gasteiger charge is 2.30. The molecule has 4 nitrogen and oxygen atoms in total. The Morgan fingerprint density at radius 1 is 1.32 bits per heavy atom. The second-order valence-corrected chi connectivity index (χ2v) is 8.59. The number of aryl methyl sites for hydroxylation is 1. The predicted molar refractivity (Wildman–Crippen MR) is 91.4 cm³/mol. The van der Waals surface area contributed by atoms with Gasteiger partial charge in [-0.2, -0.15) is 0 Å². The van der Waals surface area contributed by atoms with Gasteiger partial charge < -0.3 is 0 Å². The van der Waals surface area contributed by atoms with Crippen LogP contribution in [-0.2, 0) is 10.0 Å². The lowest BCUT2D eigenvalue weighted by molar-refractivity contribution is 0.133. The maximum atomic E-state index is 12.0. The van der Waals surface area contributed by atoms with Crippen molar-refractivity contribution in [2.75, 3.05) is 25.9 Å². The van der Waals surface area contributed by atoms with Gasteiger partial charge >= 0.3 is 0 Å². The van der Waals surface area contributed by atoms with Crippen LogP contribution in [0.4, 0.5) is 0 Å². The van der Waals surface area contributed by atoms with Crippen LogP contribution in [0, 0.1) is 6.92 Å². The molecule has 22 heavy (non-hydrogen) atoms. The van der Waals surface area contributed by atoms with Gasteiger partial charge in [-0.3, -0.25) is 4.90 Å². The lowest BCUT2D eigenvalue weighted by atomic mass is 9.99. The molecule has 1 atom stereocenters. The van der Waals surface area contributed by atoms with Gasteiger partial charge in [0.1, 0.15) is 0 Å². The zero-order chi connectivity index (χ0) is 16.3. The van der Waals surface area contributed by atoms with Gasteiger partial charge in [0.15, 0.2) is 0 Å². The van der Waals surface area contributed by atoms with E-state index in [9.17, 15) is 8.42 Å². The smallest absolute Gasteiger partial charge is 0.213 e. The first-order valence-electron chi connectivity index (χ1n) is 8.11. The Kier molecular flexibility index (Phi) is 5.64. The van der Waals surface area contributed by atoms with Crippen LogP contribution >= 0.6 is 0 Å². The fourth-order valence-electron chi connectivity index (χ4n) is 3.21. The number of hydrogen-bond donors (Lipinski definition) is 0. The molecular weight excluding hydrogens is 296 g/mol. The van der Waals surface area contributed by atoms with Crippen LogP contribution in [0.15, 0.2) is 24.3 Å². The molecule has 5 heteroatoms. The van der Waals surface area contributed by atoms with Crippen molar-refractivity contribution in [1.29, 1.82) is 0 Å². The van der Waals surface area contributed by atoms with Crippen LogP contribution in [0.25, 0.3) is 0 Å². The summed E-state index contributed by atoms with van der Waals surface area (Å²) in [6.45, 7) is 7.96. The molecule has 1 unspecified atom stereocenters. The number of nitrogens with zero attached hydrogens (tertiary/aromatic N) is 2. The molecule has 1 aromatic carbocycles. The molecule has 0 aromatic heterocycles. The quantitative estimate of drug-likeness (QED) is 0.836. The van der Waals surface area contributed by atoms with Gasteiger partial charge in [-0.15, -0.1) is 0 Å². The number of piperidine rings is 1. The number of sulfonamides is 1. The maximum Gasteiger partial charge on any atom is 0.213 e. The van der Waals surface area contributed by atoms with Crippen LogP contribution in [0.3, 0.4) is 0 Å². The van der Waals surface area contributed by atoms with Crippen molar-refractivity contribution in [1.82, 2.24) is 9.21 Å². The fraction of sp³-hybridized carbons (Fsp3) is 0.647. The van der Waals surface area contributed by atoms with E-state index in [1.807, 2.05) is 0 Å². The number of rotatable bonds is 5. The van der Waals surface area contributed by atoms with E-state index in [2.05, 4.69) is 43.0 Å². The summed E-state index contributed by atoms with van der Waals surface area (Å²) in [7, 11) is -1.35. The third kappa shape index (κ3) is 3.89. The van der Waals surface area contributed by atoms with Crippen molar-refractivity contribution < 1.29 is 8.42 Å². The molecule has 1 aliphatic heterocycles. The Morgan fingerprint density at radius 2 is 1.95 bits per heavy atom. The van der Waals surface area contributed by atoms with E-state index >= 15 is 0 Å². The average Bonchev–Trinajstić information content (AvgIpc) is 2.53. The number of hydrogen-bond acceptors (Lipinski definition) is 3. The van der Waals surface area contributed by atoms with E-state index in [0.29, 0.717) is 6.04 Å². The molecule has 0 saturated carbocycles. The molecule has 1 aromatic rings. The molecule has 0 spiro atoms. The SMILES string of the molecule is CCS(=O)(=O)N(C)C1CCN(C(C)c2cccc(C)c2)CC1. The van der Waals surface area contributed by atoms with E-state index in [1.165, 1.54) is 11.1 Å². The first-order valence-corrected chi connectivity index (χ1v) is 9.72. The molecule has 1 aliphatic rings. The summed E-state index contributed by atoms with van der Waals surface area (Å²) in [5.74, 6) is 0.184. The highest BCUT2D eigenvalue weighted by molar-refractivity contribution is 7.89. The van der Waals surface area contributed by atoms with Gasteiger partial charge in [0.2, 0.25) is 10.0 Å². The molecule has 0 radical (unpaired) electrons. The molecular formula is C17H28N2O2S. The molecule has 0 aliphatic carbocycles. The summed E-state index contributed by atoms with van der Waals surface area (Å²) in [6, 6.07) is 9.17. The van der Waals surface area contributed by atoms with Crippen molar-refractivity contribution >= 4 is 10.0 Å². The van der Waals surface area contributed by atoms with Crippen LogP contribution in [0.1, 0.15) is 43.9 Å². The van der Waals surface area contributed by atoms with Crippen LogP contribution in [0.5, 0.6) is 0 Å². The molecule has 0 bridgehead atoms. The van der Waals surface area contributed by atoms with E-state index in [4.69, 9.17) is 0 Å². The highest BCUT2D eigenvalue weighted by atomic mass is 32.2. The normalized spacial score (nSPS) is 19.5. The number of benzene rings is 1. The van der Waals surface area contributed by atoms with Crippen molar-refractivity contribution in [3.05, 3.63) is 35.4 Å². The summed E-state index contributed by atoms with van der Waals surface area (Å²) in [5.41, 5.74) is 2.63. The van der Waals surface area contributed by atoms with Gasteiger partial charge in [0.25, 0.3) is 0 Å². The second-order valence-electron chi connectivity index (χ2n) is 6.27. The topological polar surface area (TPSA) is 40.6 Å². The van der Waals surface area contributed by atoms with Crippen molar-refractivity contribution in [2.45, 2.75) is 45.7 Å². The predicted octanol–water partition coefficient (Wildman–Crippen LogP) is 2.80. The molecule has 0 amide bonds. The Bertz CT molecular complexity index is 592. The Labute approximate surface area is 135 Å². The van der Waals surface area contributed by atoms with Crippen molar-refractivity contribution in [2.24, 2.45) is 0 Å². The molecule has 0 N–H and O–H groups in total. The molecule has 2 rings (SSSR count).